The third-order valence-electron chi connectivity index (χ3n) is 6.14. The van der Waals surface area contributed by atoms with Gasteiger partial charge in [-0.3, -0.25) is 9.69 Å². The van der Waals surface area contributed by atoms with Gasteiger partial charge in [0.1, 0.15) is 12.3 Å². The van der Waals surface area contributed by atoms with Crippen LogP contribution >= 0.6 is 0 Å². The Morgan fingerprint density at radius 2 is 1.58 bits per heavy atom. The van der Waals surface area contributed by atoms with E-state index in [1.807, 2.05) is 72.8 Å². The molecule has 4 rings (SSSR count). The molecule has 8 heteroatoms. The first-order valence-electron chi connectivity index (χ1n) is 12.4. The van der Waals surface area contributed by atoms with E-state index in [0.717, 1.165) is 44.8 Å². The number of nitrogens with zero attached hydrogens (tertiary/aromatic N) is 3. The summed E-state index contributed by atoms with van der Waals surface area (Å²) in [5, 5.41) is 2.93. The van der Waals surface area contributed by atoms with Crippen LogP contribution in [0, 0.1) is 0 Å². The molecule has 1 saturated heterocycles. The first-order chi connectivity index (χ1) is 17.7. The van der Waals surface area contributed by atoms with E-state index in [1.54, 1.807) is 16.1 Å². The van der Waals surface area contributed by atoms with Gasteiger partial charge in [0.15, 0.2) is 0 Å². The number of benzene rings is 2. The van der Waals surface area contributed by atoms with Crippen LogP contribution in [-0.4, -0.2) is 72.6 Å². The van der Waals surface area contributed by atoms with E-state index < -0.39 is 0 Å². The molecule has 1 aliphatic heterocycles. The minimum absolute atomic E-state index is 0.0185. The summed E-state index contributed by atoms with van der Waals surface area (Å²) in [6.45, 7) is 5.33. The molecule has 0 spiro atoms. The number of carbonyl (C=O) groups is 2. The van der Waals surface area contributed by atoms with Crippen LogP contribution in [0.5, 0.6) is 0 Å². The summed E-state index contributed by atoms with van der Waals surface area (Å²) in [4.78, 5) is 32.4. The highest BCUT2D eigenvalue weighted by atomic mass is 16.5. The van der Waals surface area contributed by atoms with Crippen molar-refractivity contribution in [2.45, 2.75) is 19.5 Å². The Kier molecular flexibility index (Phi) is 9.53. The lowest BCUT2D eigenvalue weighted by molar-refractivity contribution is -0.133. The molecular weight excluding hydrogens is 456 g/mol. The van der Waals surface area contributed by atoms with Gasteiger partial charge in [0.2, 0.25) is 5.91 Å². The Hall–Kier alpha value is -3.62. The van der Waals surface area contributed by atoms with Gasteiger partial charge in [-0.15, -0.1) is 0 Å². The third kappa shape index (κ3) is 7.96. The highest BCUT2D eigenvalue weighted by Crippen LogP contribution is 2.13. The second-order valence-corrected chi connectivity index (χ2v) is 8.84. The van der Waals surface area contributed by atoms with Gasteiger partial charge in [0.25, 0.3) is 0 Å². The van der Waals surface area contributed by atoms with Gasteiger partial charge in [-0.05, 0) is 36.2 Å². The summed E-state index contributed by atoms with van der Waals surface area (Å²) < 4.78 is 10.9. The van der Waals surface area contributed by atoms with Crippen LogP contribution in [0.3, 0.4) is 0 Å². The van der Waals surface area contributed by atoms with Crippen LogP contribution in [0.2, 0.25) is 0 Å². The Bertz CT molecular complexity index is 1050. The van der Waals surface area contributed by atoms with Crippen molar-refractivity contribution in [1.82, 2.24) is 14.7 Å². The van der Waals surface area contributed by atoms with E-state index in [2.05, 4.69) is 10.2 Å². The SMILES string of the molecule is O=C(CN(CCCN1CCOCC1)C(=O)Nc1ccccc1)N(Cc1ccccc1)Cc1ccco1. The largest absolute Gasteiger partial charge is 0.467 e. The summed E-state index contributed by atoms with van der Waals surface area (Å²) in [7, 11) is 0. The van der Waals surface area contributed by atoms with Crippen molar-refractivity contribution < 1.29 is 18.7 Å². The summed E-state index contributed by atoms with van der Waals surface area (Å²) in [6.07, 6.45) is 2.37. The molecule has 0 saturated carbocycles. The van der Waals surface area contributed by atoms with Gasteiger partial charge in [-0.25, -0.2) is 4.79 Å². The second kappa shape index (κ2) is 13.5. The number of morpholine rings is 1. The van der Waals surface area contributed by atoms with Crippen molar-refractivity contribution >= 4 is 17.6 Å². The standard InChI is InChI=1S/C28H34N4O4/c33-27(32(22-26-13-7-18-36-26)21-24-9-3-1-4-10-24)23-31(15-8-14-30-16-19-35-20-17-30)28(34)29-25-11-5-2-6-12-25/h1-7,9-13,18H,8,14-17,19-23H2,(H,29,34). The van der Waals surface area contributed by atoms with Gasteiger partial charge in [-0.2, -0.15) is 0 Å². The number of anilines is 1. The molecule has 1 aliphatic rings. The van der Waals surface area contributed by atoms with Crippen LogP contribution in [-0.2, 0) is 22.6 Å². The molecule has 0 bridgehead atoms. The van der Waals surface area contributed by atoms with Crippen molar-refractivity contribution in [2.24, 2.45) is 0 Å². The number of amides is 3. The highest BCUT2D eigenvalue weighted by Gasteiger charge is 2.23. The molecule has 2 heterocycles. The fraction of sp³-hybridized carbons (Fsp3) is 0.357. The lowest BCUT2D eigenvalue weighted by Gasteiger charge is -2.30. The van der Waals surface area contributed by atoms with Gasteiger partial charge in [0, 0.05) is 38.4 Å². The normalized spacial score (nSPS) is 13.8. The lowest BCUT2D eigenvalue weighted by atomic mass is 10.2. The Morgan fingerprint density at radius 3 is 2.28 bits per heavy atom. The second-order valence-electron chi connectivity index (χ2n) is 8.84. The van der Waals surface area contributed by atoms with E-state index in [-0.39, 0.29) is 18.5 Å². The zero-order valence-electron chi connectivity index (χ0n) is 20.6. The topological polar surface area (TPSA) is 78.3 Å². The van der Waals surface area contributed by atoms with Crippen molar-refractivity contribution in [3.8, 4) is 0 Å². The molecule has 0 atom stereocenters. The van der Waals surface area contributed by atoms with Crippen LogP contribution in [0.25, 0.3) is 0 Å². The van der Waals surface area contributed by atoms with Crippen LogP contribution in [0.1, 0.15) is 17.7 Å². The molecule has 1 aromatic heterocycles. The summed E-state index contributed by atoms with van der Waals surface area (Å²) >= 11 is 0. The maximum absolute atomic E-state index is 13.5. The Morgan fingerprint density at radius 1 is 0.861 bits per heavy atom. The number of urea groups is 1. The lowest BCUT2D eigenvalue weighted by Crippen LogP contribution is -2.45. The molecule has 0 aliphatic carbocycles. The molecule has 0 unspecified atom stereocenters. The van der Waals surface area contributed by atoms with Gasteiger partial charge < -0.3 is 24.3 Å². The predicted octanol–water partition coefficient (Wildman–Crippen LogP) is 4.06. The van der Waals surface area contributed by atoms with Crippen molar-refractivity contribution in [2.75, 3.05) is 51.3 Å². The summed E-state index contributed by atoms with van der Waals surface area (Å²) in [5.41, 5.74) is 1.72. The molecule has 1 fully saturated rings. The first kappa shape index (κ1) is 25.5. The molecule has 3 aromatic rings. The van der Waals surface area contributed by atoms with Gasteiger partial charge in [0.05, 0.1) is 26.0 Å². The van der Waals surface area contributed by atoms with Crippen molar-refractivity contribution in [3.05, 3.63) is 90.4 Å². The Balaban J connectivity index is 1.44. The molecule has 36 heavy (non-hydrogen) atoms. The van der Waals surface area contributed by atoms with Crippen LogP contribution < -0.4 is 5.32 Å². The zero-order chi connectivity index (χ0) is 25.0. The van der Waals surface area contributed by atoms with E-state index >= 15 is 0 Å². The number of furan rings is 1. The fourth-order valence-corrected chi connectivity index (χ4v) is 4.18. The highest BCUT2D eigenvalue weighted by molar-refractivity contribution is 5.92. The molecule has 3 amide bonds. The fourth-order valence-electron chi connectivity index (χ4n) is 4.18. The molecule has 1 N–H and O–H groups in total. The van der Waals surface area contributed by atoms with E-state index in [9.17, 15) is 9.59 Å². The van der Waals surface area contributed by atoms with Crippen LogP contribution in [0.4, 0.5) is 10.5 Å². The minimum Gasteiger partial charge on any atom is -0.467 e. The molecule has 8 nitrogen and oxygen atoms in total. The predicted molar refractivity (Wildman–Crippen MR) is 138 cm³/mol. The average molecular weight is 491 g/mol. The maximum Gasteiger partial charge on any atom is 0.322 e. The molecule has 190 valence electrons. The van der Waals surface area contributed by atoms with E-state index in [0.29, 0.717) is 31.1 Å². The van der Waals surface area contributed by atoms with Crippen molar-refractivity contribution in [1.29, 1.82) is 0 Å². The minimum atomic E-state index is -0.283. The molecular formula is C28H34N4O4. The number of carbonyl (C=O) groups excluding carboxylic acids is 2. The van der Waals surface area contributed by atoms with Gasteiger partial charge >= 0.3 is 6.03 Å². The number of nitrogens with one attached hydrogen (secondary N) is 1. The summed E-state index contributed by atoms with van der Waals surface area (Å²) in [6, 6.07) is 22.5. The van der Waals surface area contributed by atoms with E-state index in [1.165, 1.54) is 0 Å². The number of rotatable bonds is 11. The summed E-state index contributed by atoms with van der Waals surface area (Å²) in [5.74, 6) is 0.566. The zero-order valence-corrected chi connectivity index (χ0v) is 20.6. The number of ether oxygens (including phenoxy) is 1. The monoisotopic (exact) mass is 490 g/mol. The molecule has 0 radical (unpaired) electrons. The van der Waals surface area contributed by atoms with Gasteiger partial charge in [-0.1, -0.05) is 48.5 Å². The molecule has 2 aromatic carbocycles. The first-order valence-corrected chi connectivity index (χ1v) is 12.4. The average Bonchev–Trinajstić information content (AvgIpc) is 3.43. The number of para-hydroxylation sites is 1. The smallest absolute Gasteiger partial charge is 0.322 e. The quantitative estimate of drug-likeness (QED) is 0.439. The third-order valence-corrected chi connectivity index (χ3v) is 6.14. The van der Waals surface area contributed by atoms with E-state index in [4.69, 9.17) is 9.15 Å². The van der Waals surface area contributed by atoms with Crippen molar-refractivity contribution in [3.63, 3.8) is 0 Å². The number of hydrogen-bond donors (Lipinski definition) is 1. The van der Waals surface area contributed by atoms with Crippen LogP contribution in [0.15, 0.2) is 83.5 Å². The number of hydrogen-bond acceptors (Lipinski definition) is 5. The maximum atomic E-state index is 13.5. The Labute approximate surface area is 212 Å².